The van der Waals surface area contributed by atoms with Gasteiger partial charge in [-0.3, -0.25) is 0 Å². The molecule has 0 fully saturated rings. The normalized spacial score (nSPS) is 19.1. The number of rotatable bonds is 4. The van der Waals surface area contributed by atoms with Crippen molar-refractivity contribution in [3.05, 3.63) is 34.3 Å². The minimum absolute atomic E-state index is 0.325. The molecule has 0 aliphatic heterocycles. The van der Waals surface area contributed by atoms with E-state index in [0.717, 1.165) is 24.5 Å². The van der Waals surface area contributed by atoms with Crippen molar-refractivity contribution in [1.29, 1.82) is 0 Å². The Hall–Kier alpha value is -0.570. The van der Waals surface area contributed by atoms with E-state index in [0.29, 0.717) is 12.0 Å². The van der Waals surface area contributed by atoms with Gasteiger partial charge in [0.25, 0.3) is 0 Å². The van der Waals surface area contributed by atoms with Gasteiger partial charge in [-0.1, -0.05) is 31.5 Å². The van der Waals surface area contributed by atoms with E-state index in [9.17, 15) is 0 Å². The van der Waals surface area contributed by atoms with Crippen molar-refractivity contribution in [2.24, 2.45) is 5.92 Å². The van der Waals surface area contributed by atoms with Gasteiger partial charge in [-0.2, -0.15) is 5.48 Å². The smallest absolute Gasteiger partial charge is 0.0705 e. The van der Waals surface area contributed by atoms with Gasteiger partial charge in [0.2, 0.25) is 0 Å². The lowest BCUT2D eigenvalue weighted by molar-refractivity contribution is 0.000637. The predicted molar refractivity (Wildman–Crippen MR) is 66.4 cm³/mol. The van der Waals surface area contributed by atoms with Crippen molar-refractivity contribution >= 4 is 11.6 Å². The number of aryl methyl sites for hydroxylation is 1. The first-order valence-corrected chi connectivity index (χ1v) is 6.20. The van der Waals surface area contributed by atoms with Gasteiger partial charge in [-0.05, 0) is 42.0 Å². The molecule has 0 heterocycles. The number of benzene rings is 1. The van der Waals surface area contributed by atoms with Crippen molar-refractivity contribution < 1.29 is 4.84 Å². The molecule has 1 N–H and O–H groups in total. The number of hydrogen-bond donors (Lipinski definition) is 1. The summed E-state index contributed by atoms with van der Waals surface area (Å²) >= 11 is 5.97. The summed E-state index contributed by atoms with van der Waals surface area (Å²) in [6, 6.07) is 6.43. The van der Waals surface area contributed by atoms with Crippen molar-refractivity contribution in [3.63, 3.8) is 0 Å². The molecule has 16 heavy (non-hydrogen) atoms. The first-order valence-electron chi connectivity index (χ1n) is 5.82. The number of halogens is 1. The zero-order valence-corrected chi connectivity index (χ0v) is 10.6. The summed E-state index contributed by atoms with van der Waals surface area (Å²) in [7, 11) is 0. The molecule has 0 saturated heterocycles. The summed E-state index contributed by atoms with van der Waals surface area (Å²) in [5, 5.41) is 0.822. The van der Waals surface area contributed by atoms with Crippen LogP contribution in [0.4, 0.5) is 0 Å². The highest BCUT2D eigenvalue weighted by molar-refractivity contribution is 6.30. The highest BCUT2D eigenvalue weighted by atomic mass is 35.5. The van der Waals surface area contributed by atoms with Gasteiger partial charge in [0, 0.05) is 5.02 Å². The molecule has 0 spiro atoms. The van der Waals surface area contributed by atoms with E-state index in [-0.39, 0.29) is 0 Å². The van der Waals surface area contributed by atoms with Gasteiger partial charge in [-0.15, -0.1) is 0 Å². The van der Waals surface area contributed by atoms with Gasteiger partial charge in [0.05, 0.1) is 12.6 Å². The molecule has 0 bridgehead atoms. The van der Waals surface area contributed by atoms with Crippen LogP contribution < -0.4 is 5.48 Å². The van der Waals surface area contributed by atoms with E-state index in [1.807, 2.05) is 6.07 Å². The molecule has 1 atom stereocenters. The van der Waals surface area contributed by atoms with E-state index in [1.165, 1.54) is 11.1 Å². The van der Waals surface area contributed by atoms with Crippen molar-refractivity contribution in [3.8, 4) is 0 Å². The van der Waals surface area contributed by atoms with Crippen LogP contribution in [0, 0.1) is 5.92 Å². The second-order valence-electron chi connectivity index (χ2n) is 4.76. The zero-order chi connectivity index (χ0) is 11.5. The van der Waals surface area contributed by atoms with E-state index < -0.39 is 0 Å². The number of fused-ring (bicyclic) bond motifs is 1. The summed E-state index contributed by atoms with van der Waals surface area (Å²) < 4.78 is 0. The molecule has 0 amide bonds. The average Bonchev–Trinajstić information content (AvgIpc) is 2.60. The molecule has 0 saturated carbocycles. The molecule has 1 aromatic rings. The lowest BCUT2D eigenvalue weighted by atomic mass is 10.1. The molecule has 2 nitrogen and oxygen atoms in total. The predicted octanol–water partition coefficient (Wildman–Crippen LogP) is 3.50. The van der Waals surface area contributed by atoms with E-state index in [1.54, 1.807) is 0 Å². The first kappa shape index (κ1) is 11.9. The fourth-order valence-corrected chi connectivity index (χ4v) is 2.22. The quantitative estimate of drug-likeness (QED) is 0.812. The number of hydrogen-bond acceptors (Lipinski definition) is 2. The maximum atomic E-state index is 5.97. The van der Waals surface area contributed by atoms with Crippen LogP contribution in [0.2, 0.25) is 5.02 Å². The molecule has 88 valence electrons. The van der Waals surface area contributed by atoms with Crippen LogP contribution >= 0.6 is 11.6 Å². The Kier molecular flexibility index (Phi) is 3.85. The van der Waals surface area contributed by atoms with E-state index >= 15 is 0 Å². The molecule has 3 heteroatoms. The second kappa shape index (κ2) is 5.17. The van der Waals surface area contributed by atoms with Crippen LogP contribution in [0.15, 0.2) is 18.2 Å². The van der Waals surface area contributed by atoms with E-state index in [2.05, 4.69) is 31.5 Å². The fourth-order valence-electron chi connectivity index (χ4n) is 2.02. The van der Waals surface area contributed by atoms with Crippen LogP contribution in [-0.2, 0) is 11.3 Å². The largest absolute Gasteiger partial charge is 0.301 e. The lowest BCUT2D eigenvalue weighted by Crippen LogP contribution is -2.22. The highest BCUT2D eigenvalue weighted by Crippen LogP contribution is 2.32. The summed E-state index contributed by atoms with van der Waals surface area (Å²) in [5.74, 6) is 0.554. The average molecular weight is 240 g/mol. The number of hydroxylamine groups is 1. The van der Waals surface area contributed by atoms with Crippen LogP contribution in [0.5, 0.6) is 0 Å². The van der Waals surface area contributed by atoms with Crippen LogP contribution in [0.25, 0.3) is 0 Å². The summed E-state index contributed by atoms with van der Waals surface area (Å²) in [4.78, 5) is 5.48. The molecule has 1 unspecified atom stereocenters. The van der Waals surface area contributed by atoms with E-state index in [4.69, 9.17) is 16.4 Å². The van der Waals surface area contributed by atoms with Gasteiger partial charge >= 0.3 is 0 Å². The fraction of sp³-hybridized carbons (Fsp3) is 0.538. The Bertz CT molecular complexity index is 365. The minimum Gasteiger partial charge on any atom is -0.301 e. The Morgan fingerprint density at radius 3 is 3.06 bits per heavy atom. The zero-order valence-electron chi connectivity index (χ0n) is 9.79. The minimum atomic E-state index is 0.325. The third kappa shape index (κ3) is 2.76. The summed E-state index contributed by atoms with van der Waals surface area (Å²) in [5.41, 5.74) is 5.82. The van der Waals surface area contributed by atoms with Crippen LogP contribution in [-0.4, -0.2) is 6.61 Å². The SMILES string of the molecule is CC(C)CONC1CCc2cc(Cl)ccc21. The van der Waals surface area contributed by atoms with Crippen molar-refractivity contribution in [1.82, 2.24) is 5.48 Å². The summed E-state index contributed by atoms with van der Waals surface area (Å²) in [6.07, 6.45) is 2.17. The van der Waals surface area contributed by atoms with Crippen molar-refractivity contribution in [2.75, 3.05) is 6.61 Å². The van der Waals surface area contributed by atoms with Gasteiger partial charge in [-0.25, -0.2) is 0 Å². The summed E-state index contributed by atoms with van der Waals surface area (Å²) in [6.45, 7) is 5.04. The maximum Gasteiger partial charge on any atom is 0.0705 e. The molecule has 1 aromatic carbocycles. The number of nitrogens with one attached hydrogen (secondary N) is 1. The third-order valence-electron chi connectivity index (χ3n) is 2.83. The monoisotopic (exact) mass is 239 g/mol. The molecule has 0 radical (unpaired) electrons. The standard InChI is InChI=1S/C13H18ClNO/c1-9(2)8-16-15-13-6-3-10-7-11(14)4-5-12(10)13/h4-5,7,9,13,15H,3,6,8H2,1-2H3. The Morgan fingerprint density at radius 1 is 1.50 bits per heavy atom. The van der Waals surface area contributed by atoms with Gasteiger partial charge < -0.3 is 4.84 Å². The lowest BCUT2D eigenvalue weighted by Gasteiger charge is -2.15. The topological polar surface area (TPSA) is 21.3 Å². The Balaban J connectivity index is 1.95. The molecule has 1 aliphatic rings. The second-order valence-corrected chi connectivity index (χ2v) is 5.19. The third-order valence-corrected chi connectivity index (χ3v) is 3.06. The van der Waals surface area contributed by atoms with Crippen molar-refractivity contribution in [2.45, 2.75) is 32.7 Å². The van der Waals surface area contributed by atoms with Gasteiger partial charge in [0.1, 0.15) is 0 Å². The van der Waals surface area contributed by atoms with Crippen LogP contribution in [0.1, 0.15) is 37.4 Å². The molecule has 0 aromatic heterocycles. The Labute approximate surface area is 102 Å². The maximum absolute atomic E-state index is 5.97. The molecule has 2 rings (SSSR count). The molecular formula is C13H18ClNO. The molecular weight excluding hydrogens is 222 g/mol. The van der Waals surface area contributed by atoms with Gasteiger partial charge in [0.15, 0.2) is 0 Å². The first-order chi connectivity index (χ1) is 7.66. The van der Waals surface area contributed by atoms with Crippen LogP contribution in [0.3, 0.4) is 0 Å². The Morgan fingerprint density at radius 2 is 2.31 bits per heavy atom. The molecule has 1 aliphatic carbocycles. The highest BCUT2D eigenvalue weighted by Gasteiger charge is 2.22.